The Bertz CT molecular complexity index is 590. The first-order valence-corrected chi connectivity index (χ1v) is 9.32. The number of ether oxygens (including phenoxy) is 2. The van der Waals surface area contributed by atoms with E-state index >= 15 is 0 Å². The van der Waals surface area contributed by atoms with Crippen molar-refractivity contribution in [3.05, 3.63) is 24.2 Å². The summed E-state index contributed by atoms with van der Waals surface area (Å²) in [5.74, 6) is 1.33. The molecule has 152 valence electrons. The minimum atomic E-state index is -0.138. The smallest absolute Gasteiger partial charge is 0.242 e. The van der Waals surface area contributed by atoms with Crippen molar-refractivity contribution >= 4 is 35.8 Å². The van der Waals surface area contributed by atoms with Crippen LogP contribution in [0.4, 0.5) is 0 Å². The maximum atomic E-state index is 12.1. The Balaban J connectivity index is 0.00000261. The van der Waals surface area contributed by atoms with Gasteiger partial charge in [0.2, 0.25) is 5.91 Å². The van der Waals surface area contributed by atoms with Crippen LogP contribution in [0.5, 0.6) is 0 Å². The molecule has 0 radical (unpaired) electrons. The van der Waals surface area contributed by atoms with Gasteiger partial charge in [0, 0.05) is 26.2 Å². The zero-order valence-corrected chi connectivity index (χ0v) is 18.0. The molecule has 9 heteroatoms. The summed E-state index contributed by atoms with van der Waals surface area (Å²) >= 11 is 0. The predicted molar refractivity (Wildman–Crippen MR) is 112 cm³/mol. The van der Waals surface area contributed by atoms with E-state index in [1.54, 1.807) is 12.3 Å². The van der Waals surface area contributed by atoms with Crippen molar-refractivity contribution in [2.75, 3.05) is 39.4 Å². The number of morpholine rings is 1. The van der Waals surface area contributed by atoms with Crippen molar-refractivity contribution < 1.29 is 18.7 Å². The van der Waals surface area contributed by atoms with Gasteiger partial charge in [0.05, 0.1) is 25.5 Å². The third-order valence-corrected chi connectivity index (χ3v) is 4.52. The number of nitrogens with zero attached hydrogens (tertiary/aromatic N) is 2. The van der Waals surface area contributed by atoms with E-state index in [-0.39, 0.29) is 48.6 Å². The van der Waals surface area contributed by atoms with Gasteiger partial charge >= 0.3 is 0 Å². The second-order valence-corrected chi connectivity index (χ2v) is 6.43. The van der Waals surface area contributed by atoms with Crippen LogP contribution in [0.1, 0.15) is 25.5 Å². The summed E-state index contributed by atoms with van der Waals surface area (Å²) in [4.78, 5) is 18.7. The monoisotopic (exact) mass is 492 g/mol. The van der Waals surface area contributed by atoms with Crippen LogP contribution in [0.3, 0.4) is 0 Å². The number of rotatable bonds is 6. The van der Waals surface area contributed by atoms with Crippen molar-refractivity contribution in [2.45, 2.75) is 38.5 Å². The Morgan fingerprint density at radius 1 is 1.30 bits per heavy atom. The van der Waals surface area contributed by atoms with Gasteiger partial charge in [-0.1, -0.05) is 0 Å². The van der Waals surface area contributed by atoms with Gasteiger partial charge in [0.15, 0.2) is 5.96 Å². The molecule has 2 unspecified atom stereocenters. The van der Waals surface area contributed by atoms with Gasteiger partial charge in [-0.2, -0.15) is 0 Å². The number of nitrogens with one attached hydrogen (secondary N) is 2. The molecule has 2 atom stereocenters. The van der Waals surface area contributed by atoms with Crippen LogP contribution >= 0.6 is 24.0 Å². The highest BCUT2D eigenvalue weighted by atomic mass is 127. The first-order chi connectivity index (χ1) is 12.8. The first-order valence-electron chi connectivity index (χ1n) is 9.32. The summed E-state index contributed by atoms with van der Waals surface area (Å²) in [7, 11) is 0. The van der Waals surface area contributed by atoms with Gasteiger partial charge in [0.1, 0.15) is 18.4 Å². The molecule has 0 aliphatic carbocycles. The van der Waals surface area contributed by atoms with Gasteiger partial charge in [-0.15, -0.1) is 24.0 Å². The van der Waals surface area contributed by atoms with Crippen molar-refractivity contribution in [1.29, 1.82) is 0 Å². The molecule has 2 fully saturated rings. The van der Waals surface area contributed by atoms with Crippen molar-refractivity contribution in [3.63, 3.8) is 0 Å². The molecular formula is C18H29IN4O4. The zero-order chi connectivity index (χ0) is 18.2. The number of carbonyl (C=O) groups is 1. The number of furan rings is 1. The van der Waals surface area contributed by atoms with Gasteiger partial charge in [0.25, 0.3) is 0 Å². The minimum Gasteiger partial charge on any atom is -0.467 e. The van der Waals surface area contributed by atoms with Gasteiger partial charge in [-0.05, 0) is 31.9 Å². The summed E-state index contributed by atoms with van der Waals surface area (Å²) in [5.41, 5.74) is 0. The second kappa shape index (κ2) is 11.5. The highest BCUT2D eigenvalue weighted by molar-refractivity contribution is 14.0. The molecule has 0 aromatic carbocycles. The van der Waals surface area contributed by atoms with Crippen molar-refractivity contribution in [3.8, 4) is 0 Å². The fourth-order valence-corrected chi connectivity index (χ4v) is 3.22. The Morgan fingerprint density at radius 3 is 2.85 bits per heavy atom. The molecule has 3 heterocycles. The van der Waals surface area contributed by atoms with Gasteiger partial charge < -0.3 is 29.4 Å². The molecule has 0 bridgehead atoms. The molecule has 0 spiro atoms. The summed E-state index contributed by atoms with van der Waals surface area (Å²) < 4.78 is 16.9. The largest absolute Gasteiger partial charge is 0.467 e. The Kier molecular flexibility index (Phi) is 9.35. The lowest BCUT2D eigenvalue weighted by Crippen LogP contribution is -2.53. The van der Waals surface area contributed by atoms with E-state index in [0.717, 1.165) is 50.8 Å². The maximum Gasteiger partial charge on any atom is 0.242 e. The molecule has 27 heavy (non-hydrogen) atoms. The van der Waals surface area contributed by atoms with E-state index in [0.29, 0.717) is 13.2 Å². The number of hydrogen-bond acceptors (Lipinski definition) is 5. The van der Waals surface area contributed by atoms with Crippen LogP contribution < -0.4 is 10.6 Å². The third kappa shape index (κ3) is 6.65. The van der Waals surface area contributed by atoms with E-state index < -0.39 is 0 Å². The van der Waals surface area contributed by atoms with Crippen LogP contribution in [-0.2, 0) is 20.8 Å². The number of guanidine groups is 1. The molecule has 2 saturated heterocycles. The van der Waals surface area contributed by atoms with Crippen LogP contribution in [0.2, 0.25) is 0 Å². The SMILES string of the molecule is CCNC(=NCC(=O)NCc1ccco1)N1CCOC(C2CCCO2)C1.I. The lowest BCUT2D eigenvalue weighted by atomic mass is 10.1. The van der Waals surface area contributed by atoms with Crippen LogP contribution in [0.25, 0.3) is 0 Å². The van der Waals surface area contributed by atoms with E-state index in [4.69, 9.17) is 13.9 Å². The molecule has 2 aliphatic heterocycles. The Hall–Kier alpha value is -1.33. The fourth-order valence-electron chi connectivity index (χ4n) is 3.22. The van der Waals surface area contributed by atoms with Crippen LogP contribution in [-0.4, -0.2) is 68.4 Å². The second-order valence-electron chi connectivity index (χ2n) is 6.43. The van der Waals surface area contributed by atoms with E-state index in [9.17, 15) is 4.79 Å². The molecule has 1 aromatic heterocycles. The molecule has 8 nitrogen and oxygen atoms in total. The number of amides is 1. The molecule has 2 N–H and O–H groups in total. The molecule has 0 saturated carbocycles. The first kappa shape index (κ1) is 22.0. The highest BCUT2D eigenvalue weighted by Gasteiger charge is 2.32. The quantitative estimate of drug-likeness (QED) is 0.354. The van der Waals surface area contributed by atoms with Gasteiger partial charge in [-0.25, -0.2) is 4.99 Å². The van der Waals surface area contributed by atoms with E-state index in [1.807, 2.05) is 13.0 Å². The number of hydrogen-bond donors (Lipinski definition) is 2. The molecule has 1 amide bonds. The number of carbonyl (C=O) groups excluding carboxylic acids is 1. The fraction of sp³-hybridized carbons (Fsp3) is 0.667. The number of aliphatic imine (C=N–C) groups is 1. The molecular weight excluding hydrogens is 463 g/mol. The number of halogens is 1. The van der Waals surface area contributed by atoms with Crippen LogP contribution in [0, 0.1) is 0 Å². The normalized spacial score (nSPS) is 23.0. The highest BCUT2D eigenvalue weighted by Crippen LogP contribution is 2.21. The van der Waals surface area contributed by atoms with E-state index in [1.165, 1.54) is 0 Å². The lowest BCUT2D eigenvalue weighted by molar-refractivity contribution is -0.119. The topological polar surface area (TPSA) is 88.3 Å². The zero-order valence-electron chi connectivity index (χ0n) is 15.7. The molecule has 3 rings (SSSR count). The minimum absolute atomic E-state index is 0. The summed E-state index contributed by atoms with van der Waals surface area (Å²) in [5, 5.41) is 6.08. The molecule has 2 aliphatic rings. The average molecular weight is 492 g/mol. The summed E-state index contributed by atoms with van der Waals surface area (Å²) in [6.07, 6.45) is 3.95. The standard InChI is InChI=1S/C18H28N4O4.HI/c1-2-19-18(21-12-17(23)20-11-14-5-3-8-24-14)22-7-10-26-16(13-22)15-6-4-9-25-15;/h3,5,8,15-16H,2,4,6-7,9-13H2,1H3,(H,19,21)(H,20,23);1H. The van der Waals surface area contributed by atoms with E-state index in [2.05, 4.69) is 20.5 Å². The summed E-state index contributed by atoms with van der Waals surface area (Å²) in [6, 6.07) is 3.62. The predicted octanol–water partition coefficient (Wildman–Crippen LogP) is 1.36. The van der Waals surface area contributed by atoms with Crippen molar-refractivity contribution in [1.82, 2.24) is 15.5 Å². The Labute approximate surface area is 177 Å². The van der Waals surface area contributed by atoms with Crippen molar-refractivity contribution in [2.24, 2.45) is 4.99 Å². The summed E-state index contributed by atoms with van der Waals surface area (Å²) in [6.45, 7) is 6.14. The lowest BCUT2D eigenvalue weighted by Gasteiger charge is -2.37. The average Bonchev–Trinajstić information content (AvgIpc) is 3.37. The molecule has 1 aromatic rings. The maximum absolute atomic E-state index is 12.1. The Morgan fingerprint density at radius 2 is 2.15 bits per heavy atom. The van der Waals surface area contributed by atoms with Gasteiger partial charge in [-0.3, -0.25) is 4.79 Å². The van der Waals surface area contributed by atoms with Crippen LogP contribution in [0.15, 0.2) is 27.8 Å². The third-order valence-electron chi connectivity index (χ3n) is 4.52.